The smallest absolute Gasteiger partial charge is 0.423 e. The number of alkyl halides is 3. The zero-order valence-electron chi connectivity index (χ0n) is 18.3. The quantitative estimate of drug-likeness (QED) is 0.363. The highest BCUT2D eigenvalue weighted by Gasteiger charge is 2.37. The molecular weight excluding hydrogens is 512 g/mol. The molecule has 0 fully saturated rings. The number of aryl methyl sites for hydroxylation is 1. The fraction of sp³-hybridized carbons (Fsp3) is 0.211. The second kappa shape index (κ2) is 9.73. The summed E-state index contributed by atoms with van der Waals surface area (Å²) in [6.45, 7) is 1.60. The zero-order chi connectivity index (χ0) is 26.0. The molecule has 1 aromatic carbocycles. The highest BCUT2D eigenvalue weighted by atomic mass is 35.5. The Kier molecular flexibility index (Phi) is 6.69. The molecule has 0 saturated carbocycles. The number of amides is 2. The molecule has 0 aliphatic heterocycles. The number of hydrogen-bond acceptors (Lipinski definition) is 8. The minimum Gasteiger partial charge on any atom is -0.423 e. The lowest BCUT2D eigenvalue weighted by Crippen LogP contribution is -2.33. The Morgan fingerprint density at radius 3 is 2.58 bits per heavy atom. The van der Waals surface area contributed by atoms with Gasteiger partial charge in [0.05, 0.1) is 16.8 Å². The maximum absolute atomic E-state index is 14.5. The first-order chi connectivity index (χ1) is 17.0. The molecule has 0 bridgehead atoms. The number of carbonyl (C=O) groups is 1. The van der Waals surface area contributed by atoms with Gasteiger partial charge in [-0.2, -0.15) is 27.9 Å². The number of rotatable bonds is 6. The van der Waals surface area contributed by atoms with Gasteiger partial charge in [-0.1, -0.05) is 11.6 Å². The van der Waals surface area contributed by atoms with E-state index in [2.05, 4.69) is 40.8 Å². The predicted molar refractivity (Wildman–Crippen MR) is 115 cm³/mol. The van der Waals surface area contributed by atoms with Crippen LogP contribution in [0.15, 0.2) is 36.9 Å². The van der Waals surface area contributed by atoms with Crippen LogP contribution in [-0.2, 0) is 13.2 Å². The summed E-state index contributed by atoms with van der Waals surface area (Å²) in [6.07, 6.45) is -0.537. The second-order valence-corrected chi connectivity index (χ2v) is 7.51. The third-order valence-electron chi connectivity index (χ3n) is 4.50. The van der Waals surface area contributed by atoms with E-state index in [-0.39, 0.29) is 22.4 Å². The van der Waals surface area contributed by atoms with E-state index in [1.165, 1.54) is 30.5 Å². The summed E-state index contributed by atoms with van der Waals surface area (Å²) in [5.74, 6) is -2.11. The number of carbonyl (C=O) groups excluding carboxylic acids is 1. The third-order valence-corrected chi connectivity index (χ3v) is 4.79. The van der Waals surface area contributed by atoms with Crippen LogP contribution >= 0.6 is 11.6 Å². The monoisotopic (exact) mass is 526 g/mol. The summed E-state index contributed by atoms with van der Waals surface area (Å²) in [5, 5.41) is 11.8. The SMILES string of the molecule is CC(NC(=O)Nc1cc(Oc2nc(C(F)(F)F)nn2C)c(Cl)cc1F)c1ncnn1-c1ncccn1. The van der Waals surface area contributed by atoms with Crippen LogP contribution in [0, 0.1) is 5.82 Å². The third kappa shape index (κ3) is 5.32. The number of urea groups is 1. The van der Waals surface area contributed by atoms with Gasteiger partial charge in [-0.15, -0.1) is 5.10 Å². The average molecular weight is 527 g/mol. The van der Waals surface area contributed by atoms with Gasteiger partial charge >= 0.3 is 18.2 Å². The maximum Gasteiger partial charge on any atom is 0.453 e. The Balaban J connectivity index is 1.49. The first-order valence-corrected chi connectivity index (χ1v) is 10.3. The largest absolute Gasteiger partial charge is 0.453 e. The van der Waals surface area contributed by atoms with Gasteiger partial charge in [-0.25, -0.2) is 28.8 Å². The molecule has 0 aliphatic rings. The van der Waals surface area contributed by atoms with Crippen LogP contribution in [0.1, 0.15) is 24.6 Å². The highest BCUT2D eigenvalue weighted by Crippen LogP contribution is 2.35. The maximum atomic E-state index is 14.5. The van der Waals surface area contributed by atoms with Crippen LogP contribution in [0.25, 0.3) is 5.95 Å². The van der Waals surface area contributed by atoms with Crippen molar-refractivity contribution >= 4 is 23.3 Å². The molecule has 1 atom stereocenters. The minimum atomic E-state index is -4.80. The Hall–Kier alpha value is -4.34. The van der Waals surface area contributed by atoms with Crippen LogP contribution < -0.4 is 15.4 Å². The van der Waals surface area contributed by atoms with E-state index in [0.717, 1.165) is 16.8 Å². The van der Waals surface area contributed by atoms with Crippen LogP contribution in [0.4, 0.5) is 28.0 Å². The summed E-state index contributed by atoms with van der Waals surface area (Å²) in [4.78, 5) is 28.0. The lowest BCUT2D eigenvalue weighted by molar-refractivity contribution is -0.145. The Morgan fingerprint density at radius 1 is 1.19 bits per heavy atom. The summed E-state index contributed by atoms with van der Waals surface area (Å²) in [7, 11) is 1.17. The number of anilines is 1. The van der Waals surface area contributed by atoms with Crippen molar-refractivity contribution in [3.05, 3.63) is 59.4 Å². The van der Waals surface area contributed by atoms with Crippen molar-refractivity contribution < 1.29 is 27.1 Å². The molecule has 17 heteroatoms. The van der Waals surface area contributed by atoms with E-state index in [1.807, 2.05) is 0 Å². The van der Waals surface area contributed by atoms with Crippen molar-refractivity contribution in [2.24, 2.45) is 7.05 Å². The Morgan fingerprint density at radius 2 is 1.92 bits per heavy atom. The molecule has 0 aliphatic carbocycles. The van der Waals surface area contributed by atoms with Gasteiger partial charge in [0.25, 0.3) is 11.8 Å². The van der Waals surface area contributed by atoms with Crippen molar-refractivity contribution in [1.82, 2.24) is 44.8 Å². The van der Waals surface area contributed by atoms with Crippen LogP contribution in [-0.4, -0.2) is 45.5 Å². The van der Waals surface area contributed by atoms with Crippen LogP contribution in [0.2, 0.25) is 5.02 Å². The van der Waals surface area contributed by atoms with E-state index in [0.29, 0.717) is 5.82 Å². The zero-order valence-corrected chi connectivity index (χ0v) is 19.1. The number of hydrogen-bond donors (Lipinski definition) is 2. The van der Waals surface area contributed by atoms with Gasteiger partial charge in [0.2, 0.25) is 0 Å². The number of ether oxygens (including phenoxy) is 1. The molecule has 4 aromatic rings. The second-order valence-electron chi connectivity index (χ2n) is 7.10. The molecule has 36 heavy (non-hydrogen) atoms. The van der Waals surface area contributed by atoms with E-state index in [9.17, 15) is 22.4 Å². The molecule has 0 radical (unpaired) electrons. The number of nitrogens with zero attached hydrogens (tertiary/aromatic N) is 8. The molecule has 3 aromatic heterocycles. The van der Waals surface area contributed by atoms with Gasteiger partial charge in [-0.05, 0) is 19.1 Å². The number of halogens is 5. The summed E-state index contributed by atoms with van der Waals surface area (Å²) < 4.78 is 60.3. The predicted octanol–water partition coefficient (Wildman–Crippen LogP) is 3.67. The lowest BCUT2D eigenvalue weighted by atomic mass is 10.2. The van der Waals surface area contributed by atoms with E-state index >= 15 is 0 Å². The summed E-state index contributed by atoms with van der Waals surface area (Å²) >= 11 is 5.96. The standard InChI is InChI=1S/C19H15ClF4N10O2/c1-9(14-27-8-28-34(14)16-25-4-3-5-26-16)29-17(35)30-12-7-13(10(20)6-11(12)21)36-18-31-15(19(22,23)24)32-33(18)2/h3-9H,1-2H3,(H2,29,30,35). The van der Waals surface area contributed by atoms with Crippen molar-refractivity contribution in [1.29, 1.82) is 0 Å². The lowest BCUT2D eigenvalue weighted by Gasteiger charge is -2.15. The van der Waals surface area contributed by atoms with Gasteiger partial charge in [0.15, 0.2) is 11.6 Å². The molecule has 3 heterocycles. The number of benzene rings is 1. The molecule has 12 nitrogen and oxygen atoms in total. The van der Waals surface area contributed by atoms with Crippen LogP contribution in [0.5, 0.6) is 11.8 Å². The molecule has 2 amide bonds. The van der Waals surface area contributed by atoms with Crippen LogP contribution in [0.3, 0.4) is 0 Å². The first kappa shape index (κ1) is 24.8. The molecule has 0 saturated heterocycles. The van der Waals surface area contributed by atoms with Crippen molar-refractivity contribution in [3.8, 4) is 17.7 Å². The van der Waals surface area contributed by atoms with Gasteiger partial charge in [-0.3, -0.25) is 0 Å². The number of nitrogens with one attached hydrogen (secondary N) is 2. The van der Waals surface area contributed by atoms with Crippen molar-refractivity contribution in [2.75, 3.05) is 5.32 Å². The van der Waals surface area contributed by atoms with Gasteiger partial charge in [0.1, 0.15) is 12.1 Å². The normalized spacial score (nSPS) is 12.3. The van der Waals surface area contributed by atoms with Crippen molar-refractivity contribution in [2.45, 2.75) is 19.1 Å². The van der Waals surface area contributed by atoms with Gasteiger partial charge < -0.3 is 15.4 Å². The van der Waals surface area contributed by atoms with E-state index in [4.69, 9.17) is 16.3 Å². The molecule has 188 valence electrons. The summed E-state index contributed by atoms with van der Waals surface area (Å²) in [6, 6.07) is 1.32. The topological polar surface area (TPSA) is 138 Å². The molecule has 1 unspecified atom stereocenters. The van der Waals surface area contributed by atoms with Crippen molar-refractivity contribution in [3.63, 3.8) is 0 Å². The fourth-order valence-corrected chi connectivity index (χ4v) is 3.09. The van der Waals surface area contributed by atoms with Gasteiger partial charge in [0, 0.05) is 25.5 Å². The van der Waals surface area contributed by atoms with E-state index < -0.39 is 35.9 Å². The molecule has 0 spiro atoms. The number of aromatic nitrogens is 8. The molecular formula is C19H15ClF4N10O2. The molecule has 4 rings (SSSR count). The average Bonchev–Trinajstić information content (AvgIpc) is 3.45. The Labute approximate surface area is 204 Å². The fourth-order valence-electron chi connectivity index (χ4n) is 2.90. The minimum absolute atomic E-state index is 0.224. The Bertz CT molecular complexity index is 1390. The van der Waals surface area contributed by atoms with E-state index in [1.54, 1.807) is 13.0 Å². The molecule has 2 N–H and O–H groups in total. The summed E-state index contributed by atoms with van der Waals surface area (Å²) in [5.41, 5.74) is -0.370. The highest BCUT2D eigenvalue weighted by molar-refractivity contribution is 6.32. The first-order valence-electron chi connectivity index (χ1n) is 9.93.